The molecule has 1 saturated heterocycles. The van der Waals surface area contributed by atoms with Gasteiger partial charge in [0.25, 0.3) is 0 Å². The van der Waals surface area contributed by atoms with Crippen LogP contribution in [-0.4, -0.2) is 39.5 Å². The Bertz CT molecular complexity index is 1180. The molecule has 1 amide bonds. The fraction of sp³-hybridized carbons (Fsp3) is 0.208. The van der Waals surface area contributed by atoms with Gasteiger partial charge in [0.1, 0.15) is 29.1 Å². The molecule has 0 aromatic heterocycles. The highest BCUT2D eigenvalue weighted by Gasteiger charge is 2.30. The Labute approximate surface area is 187 Å². The molecule has 4 rings (SSSR count). The number of amides is 1. The second-order valence-corrected chi connectivity index (χ2v) is 8.86. The van der Waals surface area contributed by atoms with Crippen LogP contribution in [0.25, 0.3) is 0 Å². The maximum absolute atomic E-state index is 12.7. The van der Waals surface area contributed by atoms with Gasteiger partial charge in [0.2, 0.25) is 5.91 Å². The third-order valence-electron chi connectivity index (χ3n) is 5.18. The van der Waals surface area contributed by atoms with Crippen molar-refractivity contribution in [2.75, 3.05) is 20.3 Å². The van der Waals surface area contributed by atoms with E-state index in [1.165, 1.54) is 12.1 Å². The van der Waals surface area contributed by atoms with E-state index in [1.807, 2.05) is 24.3 Å². The predicted octanol–water partition coefficient (Wildman–Crippen LogP) is 3.56. The molecule has 0 spiro atoms. The normalized spacial score (nSPS) is 16.6. The Morgan fingerprint density at radius 1 is 0.969 bits per heavy atom. The fourth-order valence-corrected chi connectivity index (χ4v) is 4.46. The average Bonchev–Trinajstić information content (AvgIpc) is 2.82. The van der Waals surface area contributed by atoms with Crippen molar-refractivity contribution in [2.45, 2.75) is 17.5 Å². The molecule has 3 aromatic carbocycles. The number of rotatable bonds is 7. The minimum absolute atomic E-state index is 0.0654. The Hall–Kier alpha value is -3.36. The summed E-state index contributed by atoms with van der Waals surface area (Å²) in [6.45, 7) is 0.589. The largest absolute Gasteiger partial charge is 0.497 e. The lowest BCUT2D eigenvalue weighted by molar-refractivity contribution is -0.150. The Balaban J connectivity index is 1.54. The average molecular weight is 454 g/mol. The van der Waals surface area contributed by atoms with Crippen LogP contribution in [0.5, 0.6) is 11.5 Å². The first-order valence-corrected chi connectivity index (χ1v) is 11.5. The third-order valence-corrected chi connectivity index (χ3v) is 6.43. The zero-order valence-corrected chi connectivity index (χ0v) is 18.3. The maximum atomic E-state index is 12.7. The molecule has 8 heteroatoms. The lowest BCUT2D eigenvalue weighted by Crippen LogP contribution is -2.42. The summed E-state index contributed by atoms with van der Waals surface area (Å²) in [5.74, 6) is 0.790. The lowest BCUT2D eigenvalue weighted by Gasteiger charge is -2.33. The van der Waals surface area contributed by atoms with E-state index in [4.69, 9.17) is 13.7 Å². The number of carbonyl (C=O) groups is 1. The van der Waals surface area contributed by atoms with Gasteiger partial charge in [-0.25, -0.2) is 0 Å². The van der Waals surface area contributed by atoms with Crippen molar-refractivity contribution in [1.29, 1.82) is 0 Å². The minimum Gasteiger partial charge on any atom is -0.497 e. The number of methoxy groups -OCH3 is 1. The molecule has 1 heterocycles. The van der Waals surface area contributed by atoms with Gasteiger partial charge in [-0.05, 0) is 35.9 Å². The highest BCUT2D eigenvalue weighted by Crippen LogP contribution is 2.32. The molecule has 1 fully saturated rings. The summed E-state index contributed by atoms with van der Waals surface area (Å²) in [6.07, 6.45) is -0.520. The van der Waals surface area contributed by atoms with Crippen molar-refractivity contribution >= 4 is 16.0 Å². The van der Waals surface area contributed by atoms with Crippen LogP contribution in [0, 0.1) is 0 Å². The monoisotopic (exact) mass is 453 g/mol. The molecule has 1 atom stereocenters. The summed E-state index contributed by atoms with van der Waals surface area (Å²) in [7, 11) is -2.40. The molecular weight excluding hydrogens is 430 g/mol. The number of benzene rings is 3. The van der Waals surface area contributed by atoms with Gasteiger partial charge in [0, 0.05) is 12.1 Å². The molecule has 3 aromatic rings. The van der Waals surface area contributed by atoms with Crippen LogP contribution in [0.2, 0.25) is 0 Å². The molecule has 0 bridgehead atoms. The second-order valence-electron chi connectivity index (χ2n) is 7.31. The van der Waals surface area contributed by atoms with E-state index in [0.29, 0.717) is 12.1 Å². The topological polar surface area (TPSA) is 82.1 Å². The molecule has 166 valence electrons. The van der Waals surface area contributed by atoms with E-state index < -0.39 is 16.2 Å². The van der Waals surface area contributed by atoms with E-state index in [-0.39, 0.29) is 29.7 Å². The van der Waals surface area contributed by atoms with Crippen molar-refractivity contribution in [3.8, 4) is 11.5 Å². The summed E-state index contributed by atoms with van der Waals surface area (Å²) in [5.41, 5.74) is 1.52. The number of nitrogens with zero attached hydrogens (tertiary/aromatic N) is 1. The van der Waals surface area contributed by atoms with Crippen LogP contribution in [0.3, 0.4) is 0 Å². The third kappa shape index (κ3) is 4.92. The molecule has 1 aliphatic rings. The summed E-state index contributed by atoms with van der Waals surface area (Å²) in [4.78, 5) is 14.2. The summed E-state index contributed by atoms with van der Waals surface area (Å²) < 4.78 is 41.8. The van der Waals surface area contributed by atoms with E-state index in [1.54, 1.807) is 54.5 Å². The van der Waals surface area contributed by atoms with Gasteiger partial charge in [-0.1, -0.05) is 48.5 Å². The van der Waals surface area contributed by atoms with Crippen molar-refractivity contribution in [3.63, 3.8) is 0 Å². The van der Waals surface area contributed by atoms with Crippen molar-refractivity contribution in [2.24, 2.45) is 0 Å². The van der Waals surface area contributed by atoms with Gasteiger partial charge >= 0.3 is 10.1 Å². The smallest absolute Gasteiger partial charge is 0.339 e. The van der Waals surface area contributed by atoms with Crippen molar-refractivity contribution in [1.82, 2.24) is 4.90 Å². The SMILES string of the molecule is COc1ccc(CN2C[C@@H](c3ccccc3OS(=O)(=O)c3ccccc3)OCC2=O)cc1. The number of para-hydroxylation sites is 1. The Morgan fingerprint density at radius 2 is 1.66 bits per heavy atom. The summed E-state index contributed by atoms with van der Waals surface area (Å²) >= 11 is 0. The van der Waals surface area contributed by atoms with Crippen LogP contribution in [0.4, 0.5) is 0 Å². The van der Waals surface area contributed by atoms with E-state index in [2.05, 4.69) is 0 Å². The van der Waals surface area contributed by atoms with Crippen LogP contribution >= 0.6 is 0 Å². The van der Waals surface area contributed by atoms with E-state index in [0.717, 1.165) is 11.3 Å². The zero-order chi connectivity index (χ0) is 22.6. The zero-order valence-electron chi connectivity index (χ0n) is 17.5. The second kappa shape index (κ2) is 9.42. The summed E-state index contributed by atoms with van der Waals surface area (Å²) in [6, 6.07) is 22.3. The van der Waals surface area contributed by atoms with Gasteiger partial charge in [-0.15, -0.1) is 0 Å². The first-order valence-electron chi connectivity index (χ1n) is 10.1. The van der Waals surface area contributed by atoms with Crippen LogP contribution in [-0.2, 0) is 26.2 Å². The Kier molecular flexibility index (Phi) is 6.43. The van der Waals surface area contributed by atoms with Crippen molar-refractivity contribution < 1.29 is 26.9 Å². The van der Waals surface area contributed by atoms with Gasteiger partial charge in [-0.2, -0.15) is 8.42 Å². The maximum Gasteiger partial charge on any atom is 0.339 e. The van der Waals surface area contributed by atoms with Gasteiger partial charge in [0.15, 0.2) is 0 Å². The number of hydrogen-bond donors (Lipinski definition) is 0. The van der Waals surface area contributed by atoms with Crippen LogP contribution in [0.15, 0.2) is 83.8 Å². The van der Waals surface area contributed by atoms with Gasteiger partial charge in [-0.3, -0.25) is 4.79 Å². The van der Waals surface area contributed by atoms with E-state index in [9.17, 15) is 13.2 Å². The fourth-order valence-electron chi connectivity index (χ4n) is 3.49. The molecular formula is C24H23NO6S. The number of morpholine rings is 1. The molecule has 1 aliphatic heterocycles. The Morgan fingerprint density at radius 3 is 2.38 bits per heavy atom. The molecule has 0 N–H and O–H groups in total. The standard InChI is InChI=1S/C24H23NO6S/c1-29-19-13-11-18(12-14-19)15-25-16-23(30-17-24(25)26)21-9-5-6-10-22(21)31-32(27,28)20-7-3-2-4-8-20/h2-14,23H,15-17H2,1H3/t23-/m0/s1. The van der Waals surface area contributed by atoms with Gasteiger partial charge < -0.3 is 18.6 Å². The highest BCUT2D eigenvalue weighted by molar-refractivity contribution is 7.87. The summed E-state index contributed by atoms with van der Waals surface area (Å²) in [5, 5.41) is 0. The highest BCUT2D eigenvalue weighted by atomic mass is 32.2. The van der Waals surface area contributed by atoms with Crippen LogP contribution in [0.1, 0.15) is 17.2 Å². The quantitative estimate of drug-likeness (QED) is 0.509. The van der Waals surface area contributed by atoms with Gasteiger partial charge in [0.05, 0.1) is 13.7 Å². The number of hydrogen-bond acceptors (Lipinski definition) is 6. The number of ether oxygens (including phenoxy) is 2. The minimum atomic E-state index is -4.00. The molecule has 0 aliphatic carbocycles. The van der Waals surface area contributed by atoms with Crippen molar-refractivity contribution in [3.05, 3.63) is 90.0 Å². The lowest BCUT2D eigenvalue weighted by atomic mass is 10.1. The predicted molar refractivity (Wildman–Crippen MR) is 118 cm³/mol. The molecule has 32 heavy (non-hydrogen) atoms. The molecule has 0 unspecified atom stereocenters. The first-order chi connectivity index (χ1) is 15.5. The first kappa shape index (κ1) is 21.9. The van der Waals surface area contributed by atoms with E-state index >= 15 is 0 Å². The molecule has 7 nitrogen and oxygen atoms in total. The van der Waals surface area contributed by atoms with Crippen LogP contribution < -0.4 is 8.92 Å². The molecule has 0 saturated carbocycles. The molecule has 0 radical (unpaired) electrons. The number of carbonyl (C=O) groups excluding carboxylic acids is 1.